The molecule has 0 fully saturated rings. The highest BCUT2D eigenvalue weighted by atomic mass is 127. The maximum Gasteiger partial charge on any atom is 0.417 e. The van der Waals surface area contributed by atoms with Crippen LogP contribution < -0.4 is 10.6 Å². The first-order valence-electron chi connectivity index (χ1n) is 2.92. The van der Waals surface area contributed by atoms with Gasteiger partial charge < -0.3 is 13.7 Å². The molecule has 5 nitrogen and oxygen atoms in total. The van der Waals surface area contributed by atoms with Crippen molar-refractivity contribution >= 4 is 35.0 Å². The van der Waals surface area contributed by atoms with E-state index in [-0.39, 0.29) is 5.91 Å². The lowest BCUT2D eigenvalue weighted by atomic mass is 10.3. The van der Waals surface area contributed by atoms with Crippen LogP contribution in [0.4, 0.5) is 4.79 Å². The van der Waals surface area contributed by atoms with Gasteiger partial charge in [-0.2, -0.15) is 0 Å². The molecule has 0 saturated carbocycles. The van der Waals surface area contributed by atoms with E-state index in [9.17, 15) is 9.59 Å². The first-order chi connectivity index (χ1) is 5.11. The van der Waals surface area contributed by atoms with Gasteiger partial charge in [0.05, 0.1) is 0 Å². The number of nitrogens with one attached hydrogen (secondary N) is 2. The van der Waals surface area contributed by atoms with Gasteiger partial charge in [0.25, 0.3) is 0 Å². The third kappa shape index (κ3) is 4.02. The molecular weight excluding hydrogens is 263 g/mol. The molecule has 11 heavy (non-hydrogen) atoms. The Balaban J connectivity index is 3.77. The highest BCUT2D eigenvalue weighted by Crippen LogP contribution is 1.89. The van der Waals surface area contributed by atoms with Crippen molar-refractivity contribution in [3.63, 3.8) is 0 Å². The third-order valence-electron chi connectivity index (χ3n) is 1.04. The second-order valence-corrected chi connectivity index (χ2v) is 2.29. The number of likely N-dealkylation sites (N-methyl/N-ethyl adjacent to an activating group) is 1. The van der Waals surface area contributed by atoms with Gasteiger partial charge in [-0.15, -0.1) is 0 Å². The zero-order chi connectivity index (χ0) is 8.85. The second-order valence-electron chi connectivity index (χ2n) is 1.84. The van der Waals surface area contributed by atoms with E-state index in [1.54, 1.807) is 6.92 Å². The molecule has 0 heterocycles. The maximum atomic E-state index is 10.8. The Morgan fingerprint density at radius 2 is 2.09 bits per heavy atom. The lowest BCUT2D eigenvalue weighted by molar-refractivity contribution is -0.122. The van der Waals surface area contributed by atoms with Crippen molar-refractivity contribution in [2.45, 2.75) is 13.0 Å². The van der Waals surface area contributed by atoms with Crippen LogP contribution in [0.2, 0.25) is 0 Å². The van der Waals surface area contributed by atoms with Crippen LogP contribution in [-0.4, -0.2) is 25.1 Å². The second kappa shape index (κ2) is 5.16. The summed E-state index contributed by atoms with van der Waals surface area (Å²) in [6.45, 7) is 1.56. The van der Waals surface area contributed by atoms with Crippen LogP contribution in [0, 0.1) is 0 Å². The zero-order valence-corrected chi connectivity index (χ0v) is 8.34. The predicted octanol–water partition coefficient (Wildman–Crippen LogP) is 0.197. The summed E-state index contributed by atoms with van der Waals surface area (Å²) < 4.78 is 4.26. The number of carbonyl (C=O) groups is 2. The van der Waals surface area contributed by atoms with Gasteiger partial charge >= 0.3 is 6.09 Å². The molecule has 64 valence electrons. The van der Waals surface area contributed by atoms with Crippen LogP contribution in [0.25, 0.3) is 0 Å². The Labute approximate surface area is 78.5 Å². The van der Waals surface area contributed by atoms with Gasteiger partial charge in [-0.3, -0.25) is 4.79 Å². The lowest BCUT2D eigenvalue weighted by Crippen LogP contribution is -2.43. The molecule has 0 spiro atoms. The minimum Gasteiger partial charge on any atom is -0.378 e. The maximum absolute atomic E-state index is 10.8. The van der Waals surface area contributed by atoms with Crippen LogP contribution >= 0.6 is 23.0 Å². The minimum atomic E-state index is -0.623. The molecule has 0 aliphatic heterocycles. The van der Waals surface area contributed by atoms with Crippen LogP contribution in [0.15, 0.2) is 0 Å². The highest BCUT2D eigenvalue weighted by Gasteiger charge is 2.13. The van der Waals surface area contributed by atoms with Gasteiger partial charge in [-0.05, 0) is 6.92 Å². The highest BCUT2D eigenvalue weighted by molar-refractivity contribution is 14.1. The van der Waals surface area contributed by atoms with E-state index < -0.39 is 12.1 Å². The number of hydrogen-bond donors (Lipinski definition) is 2. The molecule has 6 heteroatoms. The summed E-state index contributed by atoms with van der Waals surface area (Å²) in [6.07, 6.45) is -0.623. The Morgan fingerprint density at radius 1 is 1.55 bits per heavy atom. The summed E-state index contributed by atoms with van der Waals surface area (Å²) in [7, 11) is 1.50. The Hall–Kier alpha value is -0.530. The summed E-state index contributed by atoms with van der Waals surface area (Å²) in [5, 5.41) is 4.68. The van der Waals surface area contributed by atoms with Crippen molar-refractivity contribution in [2.75, 3.05) is 7.05 Å². The van der Waals surface area contributed by atoms with E-state index in [4.69, 9.17) is 0 Å². The lowest BCUT2D eigenvalue weighted by Gasteiger charge is -2.09. The monoisotopic (exact) mass is 272 g/mol. The molecule has 0 aromatic rings. The Bertz CT molecular complexity index is 162. The Morgan fingerprint density at radius 3 is 2.45 bits per heavy atom. The number of carbonyl (C=O) groups excluding carboxylic acids is 2. The van der Waals surface area contributed by atoms with E-state index in [2.05, 4.69) is 13.7 Å². The number of amides is 2. The molecule has 2 amide bonds. The van der Waals surface area contributed by atoms with Crippen LogP contribution in [-0.2, 0) is 7.86 Å². The van der Waals surface area contributed by atoms with E-state index >= 15 is 0 Å². The van der Waals surface area contributed by atoms with Crippen LogP contribution in [0.3, 0.4) is 0 Å². The number of halogens is 1. The average Bonchev–Trinajstić information content (AvgIpc) is 2.02. The summed E-state index contributed by atoms with van der Waals surface area (Å²) >= 11 is 1.44. The van der Waals surface area contributed by atoms with Gasteiger partial charge in [-0.25, -0.2) is 4.79 Å². The third-order valence-corrected chi connectivity index (χ3v) is 1.44. The number of hydrogen-bond acceptors (Lipinski definition) is 3. The van der Waals surface area contributed by atoms with Gasteiger partial charge in [0, 0.05) is 7.05 Å². The smallest absolute Gasteiger partial charge is 0.378 e. The van der Waals surface area contributed by atoms with E-state index in [1.165, 1.54) is 30.1 Å². The molecule has 0 bridgehead atoms. The predicted molar refractivity (Wildman–Crippen MR) is 47.2 cm³/mol. The average molecular weight is 272 g/mol. The van der Waals surface area contributed by atoms with Gasteiger partial charge in [0.15, 0.2) is 23.0 Å². The van der Waals surface area contributed by atoms with Crippen molar-refractivity contribution < 1.29 is 12.7 Å². The first kappa shape index (κ1) is 10.5. The van der Waals surface area contributed by atoms with Gasteiger partial charge in [0.1, 0.15) is 6.04 Å². The quantitative estimate of drug-likeness (QED) is 0.705. The molecule has 2 N–H and O–H groups in total. The zero-order valence-electron chi connectivity index (χ0n) is 6.18. The Kier molecular flexibility index (Phi) is 4.92. The molecule has 0 rings (SSSR count). The molecule has 0 aromatic carbocycles. The summed E-state index contributed by atoms with van der Waals surface area (Å²) in [5.74, 6) is -0.258. The van der Waals surface area contributed by atoms with Crippen LogP contribution in [0.1, 0.15) is 6.92 Å². The summed E-state index contributed by atoms with van der Waals surface area (Å²) in [5.41, 5.74) is 0. The SMILES string of the molecule is CNC(=O)C(C)NC(=O)OI. The summed E-state index contributed by atoms with van der Waals surface area (Å²) in [6, 6.07) is -0.567. The van der Waals surface area contributed by atoms with E-state index in [0.29, 0.717) is 0 Å². The standard InChI is InChI=1S/C5H9IN2O3/c1-3(4(9)7-2)8-5(10)11-6/h3H,1-2H3,(H,7,9)(H,8,10). The fraction of sp³-hybridized carbons (Fsp3) is 0.600. The summed E-state index contributed by atoms with van der Waals surface area (Å²) in [4.78, 5) is 21.3. The van der Waals surface area contributed by atoms with E-state index in [1.807, 2.05) is 0 Å². The molecule has 0 radical (unpaired) electrons. The molecule has 1 unspecified atom stereocenters. The molecule has 0 aliphatic carbocycles. The topological polar surface area (TPSA) is 67.4 Å². The molecule has 1 atom stereocenters. The molecule has 0 aromatic heterocycles. The van der Waals surface area contributed by atoms with E-state index in [0.717, 1.165) is 0 Å². The molecular formula is C5H9IN2O3. The van der Waals surface area contributed by atoms with Crippen molar-refractivity contribution in [1.82, 2.24) is 10.6 Å². The van der Waals surface area contributed by atoms with Crippen LogP contribution in [0.5, 0.6) is 0 Å². The van der Waals surface area contributed by atoms with Crippen molar-refractivity contribution in [3.8, 4) is 0 Å². The molecule has 0 saturated heterocycles. The van der Waals surface area contributed by atoms with Gasteiger partial charge in [0.2, 0.25) is 5.91 Å². The van der Waals surface area contributed by atoms with Crippen molar-refractivity contribution in [3.05, 3.63) is 0 Å². The van der Waals surface area contributed by atoms with Crippen molar-refractivity contribution in [2.24, 2.45) is 0 Å². The fourth-order valence-corrected chi connectivity index (χ4v) is 0.608. The van der Waals surface area contributed by atoms with Crippen molar-refractivity contribution in [1.29, 1.82) is 0 Å². The largest absolute Gasteiger partial charge is 0.417 e. The first-order valence-corrected chi connectivity index (χ1v) is 3.80. The fourth-order valence-electron chi connectivity index (χ4n) is 0.481. The normalized spacial score (nSPS) is 11.5. The number of rotatable bonds is 2. The van der Waals surface area contributed by atoms with Gasteiger partial charge in [-0.1, -0.05) is 0 Å². The minimum absolute atomic E-state index is 0.258. The molecule has 0 aliphatic rings.